The van der Waals surface area contributed by atoms with Crippen molar-refractivity contribution in [3.05, 3.63) is 59.7 Å². The molecule has 4 rings (SSSR count). The lowest BCUT2D eigenvalue weighted by Gasteiger charge is -2.47. The van der Waals surface area contributed by atoms with E-state index in [1.54, 1.807) is 14.2 Å². The van der Waals surface area contributed by atoms with Crippen LogP contribution in [0.15, 0.2) is 48.5 Å². The van der Waals surface area contributed by atoms with Crippen LogP contribution >= 0.6 is 0 Å². The van der Waals surface area contributed by atoms with Crippen molar-refractivity contribution in [2.75, 3.05) is 27.8 Å². The van der Waals surface area contributed by atoms with E-state index in [4.69, 9.17) is 9.47 Å². The first-order chi connectivity index (χ1) is 13.1. The molecule has 0 aromatic heterocycles. The van der Waals surface area contributed by atoms with Crippen molar-refractivity contribution in [1.29, 1.82) is 0 Å². The quantitative estimate of drug-likeness (QED) is 0.826. The highest BCUT2D eigenvalue weighted by Gasteiger charge is 2.56. The predicted octanol–water partition coefficient (Wildman–Crippen LogP) is 3.79. The van der Waals surface area contributed by atoms with Crippen molar-refractivity contribution in [3.8, 4) is 11.5 Å². The van der Waals surface area contributed by atoms with Crippen LogP contribution in [0.3, 0.4) is 0 Å². The Bertz CT molecular complexity index is 835. The van der Waals surface area contributed by atoms with Gasteiger partial charge in [-0.2, -0.15) is 0 Å². The van der Waals surface area contributed by atoms with Crippen molar-refractivity contribution < 1.29 is 14.3 Å². The van der Waals surface area contributed by atoms with Gasteiger partial charge in [-0.05, 0) is 43.3 Å². The van der Waals surface area contributed by atoms with Gasteiger partial charge >= 0.3 is 0 Å². The van der Waals surface area contributed by atoms with Crippen molar-refractivity contribution in [1.82, 2.24) is 4.90 Å². The summed E-state index contributed by atoms with van der Waals surface area (Å²) < 4.78 is 11.0. The Hall–Kier alpha value is -2.33. The van der Waals surface area contributed by atoms with E-state index in [0.29, 0.717) is 18.6 Å². The third kappa shape index (κ3) is 2.83. The van der Waals surface area contributed by atoms with Crippen molar-refractivity contribution >= 4 is 5.78 Å². The SMILES string of the molecule is COc1ccc([C@]23CCN(C)[C@H]2CC(=O)C[C@H]3c2ccccc2)cc1OC. The number of carbonyl (C=O) groups excluding carboxylic acids is 1. The number of fused-ring (bicyclic) bond motifs is 1. The van der Waals surface area contributed by atoms with Crippen LogP contribution < -0.4 is 9.47 Å². The summed E-state index contributed by atoms with van der Waals surface area (Å²) in [5.74, 6) is 2.02. The summed E-state index contributed by atoms with van der Waals surface area (Å²) in [6.45, 7) is 0.996. The highest BCUT2D eigenvalue weighted by atomic mass is 16.5. The summed E-state index contributed by atoms with van der Waals surface area (Å²) >= 11 is 0. The molecule has 1 saturated heterocycles. The lowest BCUT2D eigenvalue weighted by Crippen LogP contribution is -2.50. The summed E-state index contributed by atoms with van der Waals surface area (Å²) in [6.07, 6.45) is 2.26. The van der Waals surface area contributed by atoms with Crippen LogP contribution in [-0.4, -0.2) is 44.5 Å². The van der Waals surface area contributed by atoms with Crippen LogP contribution in [0.5, 0.6) is 11.5 Å². The van der Waals surface area contributed by atoms with Crippen LogP contribution in [0, 0.1) is 0 Å². The zero-order chi connectivity index (χ0) is 19.0. The molecule has 0 N–H and O–H groups in total. The standard InChI is InChI=1S/C23H27NO3/c1-24-12-11-23(17-9-10-20(26-2)21(13-17)27-3)19(14-18(25)15-22(23)24)16-7-5-4-6-8-16/h4-10,13,19,22H,11-12,14-15H2,1-3H3/t19-,22-,23-/m0/s1. The minimum atomic E-state index is -0.0937. The van der Waals surface area contributed by atoms with Gasteiger partial charge in [0.05, 0.1) is 14.2 Å². The summed E-state index contributed by atoms with van der Waals surface area (Å²) in [5.41, 5.74) is 2.40. The fraction of sp³-hybridized carbons (Fsp3) is 0.435. The molecule has 1 saturated carbocycles. The molecule has 0 radical (unpaired) electrons. The Kier molecular flexibility index (Phi) is 4.68. The maximum absolute atomic E-state index is 12.7. The van der Waals surface area contributed by atoms with Crippen LogP contribution in [0.25, 0.3) is 0 Å². The van der Waals surface area contributed by atoms with Crippen molar-refractivity contribution in [2.24, 2.45) is 0 Å². The third-order valence-corrected chi connectivity index (χ3v) is 6.60. The number of carbonyl (C=O) groups is 1. The van der Waals surface area contributed by atoms with Crippen LogP contribution in [0.2, 0.25) is 0 Å². The molecule has 27 heavy (non-hydrogen) atoms. The zero-order valence-electron chi connectivity index (χ0n) is 16.3. The maximum Gasteiger partial charge on any atom is 0.161 e. The van der Waals surface area contributed by atoms with Crippen LogP contribution in [0.4, 0.5) is 0 Å². The second kappa shape index (κ2) is 7.01. The third-order valence-electron chi connectivity index (χ3n) is 6.60. The number of hydrogen-bond donors (Lipinski definition) is 0. The van der Waals surface area contributed by atoms with E-state index in [9.17, 15) is 4.79 Å². The lowest BCUT2D eigenvalue weighted by atomic mass is 9.57. The number of ketones is 1. The molecule has 2 aromatic rings. The van der Waals surface area contributed by atoms with Gasteiger partial charge in [0.2, 0.25) is 0 Å². The fourth-order valence-electron chi connectivity index (χ4n) is 5.29. The molecule has 1 heterocycles. The predicted molar refractivity (Wildman–Crippen MR) is 106 cm³/mol. The van der Waals surface area contributed by atoms with E-state index >= 15 is 0 Å². The van der Waals surface area contributed by atoms with E-state index in [-0.39, 0.29) is 17.4 Å². The highest BCUT2D eigenvalue weighted by Crippen LogP contribution is 2.55. The lowest BCUT2D eigenvalue weighted by molar-refractivity contribution is -0.123. The van der Waals surface area contributed by atoms with Crippen molar-refractivity contribution in [2.45, 2.75) is 36.6 Å². The first-order valence-electron chi connectivity index (χ1n) is 9.59. The number of likely N-dealkylation sites (tertiary alicyclic amines) is 1. The molecule has 1 aliphatic heterocycles. The molecule has 4 heteroatoms. The Morgan fingerprint density at radius 1 is 1.00 bits per heavy atom. The molecular formula is C23H27NO3. The van der Waals surface area contributed by atoms with Gasteiger partial charge in [-0.1, -0.05) is 36.4 Å². The van der Waals surface area contributed by atoms with Gasteiger partial charge in [-0.15, -0.1) is 0 Å². The number of rotatable bonds is 4. The number of benzene rings is 2. The second-order valence-corrected chi connectivity index (χ2v) is 7.77. The molecule has 2 fully saturated rings. The monoisotopic (exact) mass is 365 g/mol. The molecule has 0 amide bonds. The van der Waals surface area contributed by atoms with Gasteiger partial charge < -0.3 is 14.4 Å². The van der Waals surface area contributed by atoms with Gasteiger partial charge in [0, 0.05) is 30.2 Å². The second-order valence-electron chi connectivity index (χ2n) is 7.77. The van der Waals surface area contributed by atoms with E-state index < -0.39 is 0 Å². The summed E-state index contributed by atoms with van der Waals surface area (Å²) in [4.78, 5) is 15.0. The Balaban J connectivity index is 1.90. The van der Waals surface area contributed by atoms with Gasteiger partial charge in [0.25, 0.3) is 0 Å². The maximum atomic E-state index is 12.7. The summed E-state index contributed by atoms with van der Waals surface area (Å²) in [7, 11) is 5.48. The Morgan fingerprint density at radius 2 is 1.74 bits per heavy atom. The van der Waals surface area contributed by atoms with Crippen LogP contribution in [-0.2, 0) is 10.2 Å². The number of likely N-dealkylation sites (N-methyl/N-ethyl adjacent to an activating group) is 1. The molecular weight excluding hydrogens is 338 g/mol. The van der Waals surface area contributed by atoms with Crippen LogP contribution in [0.1, 0.15) is 36.3 Å². The number of Topliss-reactive ketones (excluding diaryl/α,β-unsaturated/α-hetero) is 1. The Labute approximate surface area is 161 Å². The number of hydrogen-bond acceptors (Lipinski definition) is 4. The number of ether oxygens (including phenoxy) is 2. The van der Waals surface area contributed by atoms with Crippen molar-refractivity contribution in [3.63, 3.8) is 0 Å². The van der Waals surface area contributed by atoms with E-state index in [0.717, 1.165) is 24.5 Å². The largest absolute Gasteiger partial charge is 0.493 e. The topological polar surface area (TPSA) is 38.8 Å². The Morgan fingerprint density at radius 3 is 2.44 bits per heavy atom. The molecule has 2 aliphatic rings. The minimum Gasteiger partial charge on any atom is -0.493 e. The molecule has 0 unspecified atom stereocenters. The fourth-order valence-corrected chi connectivity index (χ4v) is 5.29. The van der Waals surface area contributed by atoms with E-state index in [1.165, 1.54) is 11.1 Å². The normalized spacial score (nSPS) is 28.0. The molecule has 1 aliphatic carbocycles. The number of methoxy groups -OCH3 is 2. The average Bonchev–Trinajstić information content (AvgIpc) is 3.05. The smallest absolute Gasteiger partial charge is 0.161 e. The first kappa shape index (κ1) is 18.1. The molecule has 0 bridgehead atoms. The zero-order valence-corrected chi connectivity index (χ0v) is 16.3. The molecule has 0 spiro atoms. The first-order valence-corrected chi connectivity index (χ1v) is 9.59. The van der Waals surface area contributed by atoms with Gasteiger partial charge in [0.1, 0.15) is 5.78 Å². The van der Waals surface area contributed by atoms with Gasteiger partial charge in [-0.25, -0.2) is 0 Å². The van der Waals surface area contributed by atoms with Gasteiger partial charge in [-0.3, -0.25) is 4.79 Å². The highest BCUT2D eigenvalue weighted by molar-refractivity contribution is 5.82. The van der Waals surface area contributed by atoms with E-state index in [1.807, 2.05) is 12.1 Å². The molecule has 3 atom stereocenters. The molecule has 142 valence electrons. The van der Waals surface area contributed by atoms with Gasteiger partial charge in [0.15, 0.2) is 11.5 Å². The summed E-state index contributed by atoms with van der Waals surface area (Å²) in [6, 6.07) is 17.0. The minimum absolute atomic E-state index is 0.0937. The van der Waals surface area contributed by atoms with E-state index in [2.05, 4.69) is 48.3 Å². The number of nitrogens with zero attached hydrogens (tertiary/aromatic N) is 1. The molecule has 4 nitrogen and oxygen atoms in total. The summed E-state index contributed by atoms with van der Waals surface area (Å²) in [5, 5.41) is 0. The average molecular weight is 365 g/mol. The molecule has 2 aromatic carbocycles.